The maximum atomic E-state index is 13.8. The lowest BCUT2D eigenvalue weighted by atomic mass is 10.1. The van der Waals surface area contributed by atoms with Gasteiger partial charge >= 0.3 is 0 Å². The van der Waals surface area contributed by atoms with Gasteiger partial charge in [0.15, 0.2) is 11.6 Å². The number of hydrogen-bond acceptors (Lipinski definition) is 3. The van der Waals surface area contributed by atoms with Crippen molar-refractivity contribution in [1.82, 2.24) is 9.80 Å². The van der Waals surface area contributed by atoms with Crippen LogP contribution in [-0.4, -0.2) is 43.5 Å². The number of amides is 1. The number of likely N-dealkylation sites (N-methyl/N-ethyl adjacent to an activating group) is 2. The summed E-state index contributed by atoms with van der Waals surface area (Å²) in [6, 6.07) is 10.7. The van der Waals surface area contributed by atoms with Crippen LogP contribution in [0.5, 0.6) is 5.75 Å². The molecule has 0 fully saturated rings. The molecule has 6 heteroatoms. The number of benzene rings is 2. The number of ether oxygens (including phenoxy) is 1. The standard InChI is InChI=1S/C20H24F2N2O2/c1-14(16-6-8-17(21)9-7-16)24(3)20(25)13-23(2)12-15-5-10-19(26-4)18(22)11-15/h5-11,14H,12-13H2,1-4H3. The minimum atomic E-state index is -0.424. The van der Waals surface area contributed by atoms with Crippen molar-refractivity contribution in [3.8, 4) is 5.75 Å². The Hall–Kier alpha value is -2.47. The lowest BCUT2D eigenvalue weighted by Gasteiger charge is -2.27. The van der Waals surface area contributed by atoms with Crippen LogP contribution in [0.25, 0.3) is 0 Å². The van der Waals surface area contributed by atoms with E-state index in [1.54, 1.807) is 43.3 Å². The summed E-state index contributed by atoms with van der Waals surface area (Å²) in [6.45, 7) is 2.52. The molecule has 0 saturated heterocycles. The molecule has 2 aromatic carbocycles. The van der Waals surface area contributed by atoms with Gasteiger partial charge in [-0.3, -0.25) is 9.69 Å². The maximum Gasteiger partial charge on any atom is 0.236 e. The highest BCUT2D eigenvalue weighted by molar-refractivity contribution is 5.78. The van der Waals surface area contributed by atoms with E-state index >= 15 is 0 Å². The largest absolute Gasteiger partial charge is 0.494 e. The van der Waals surface area contributed by atoms with Crippen molar-refractivity contribution in [1.29, 1.82) is 0 Å². The molecule has 26 heavy (non-hydrogen) atoms. The Bertz CT molecular complexity index is 750. The van der Waals surface area contributed by atoms with Crippen LogP contribution in [0.15, 0.2) is 42.5 Å². The Balaban J connectivity index is 1.95. The summed E-state index contributed by atoms with van der Waals surface area (Å²) in [6.07, 6.45) is 0. The van der Waals surface area contributed by atoms with E-state index in [2.05, 4.69) is 0 Å². The second-order valence-electron chi connectivity index (χ2n) is 6.37. The van der Waals surface area contributed by atoms with Gasteiger partial charge in [0.25, 0.3) is 0 Å². The van der Waals surface area contributed by atoms with Crippen molar-refractivity contribution in [3.05, 3.63) is 65.2 Å². The van der Waals surface area contributed by atoms with Gasteiger partial charge in [0.1, 0.15) is 5.82 Å². The van der Waals surface area contributed by atoms with E-state index in [0.29, 0.717) is 6.54 Å². The fourth-order valence-corrected chi connectivity index (χ4v) is 2.70. The average Bonchev–Trinajstić information content (AvgIpc) is 2.61. The van der Waals surface area contributed by atoms with Crippen LogP contribution in [0.2, 0.25) is 0 Å². The molecule has 1 atom stereocenters. The third-order valence-corrected chi connectivity index (χ3v) is 4.40. The highest BCUT2D eigenvalue weighted by atomic mass is 19.1. The Labute approximate surface area is 153 Å². The molecule has 4 nitrogen and oxygen atoms in total. The molecular formula is C20H24F2N2O2. The van der Waals surface area contributed by atoms with Gasteiger partial charge < -0.3 is 9.64 Å². The van der Waals surface area contributed by atoms with Gasteiger partial charge in [0.2, 0.25) is 5.91 Å². The number of nitrogens with zero attached hydrogens (tertiary/aromatic N) is 2. The van der Waals surface area contributed by atoms with E-state index in [-0.39, 0.29) is 30.1 Å². The van der Waals surface area contributed by atoms with Crippen LogP contribution in [0.4, 0.5) is 8.78 Å². The fraction of sp³-hybridized carbons (Fsp3) is 0.350. The van der Waals surface area contributed by atoms with E-state index < -0.39 is 5.82 Å². The van der Waals surface area contributed by atoms with Crippen LogP contribution in [0.1, 0.15) is 24.1 Å². The molecule has 2 aromatic rings. The Morgan fingerprint density at radius 1 is 1.12 bits per heavy atom. The van der Waals surface area contributed by atoms with E-state index in [1.165, 1.54) is 25.3 Å². The van der Waals surface area contributed by atoms with Crippen LogP contribution in [-0.2, 0) is 11.3 Å². The van der Waals surface area contributed by atoms with Gasteiger partial charge in [0.05, 0.1) is 19.7 Å². The van der Waals surface area contributed by atoms with Gasteiger partial charge in [-0.15, -0.1) is 0 Å². The third kappa shape index (κ3) is 5.02. The van der Waals surface area contributed by atoms with Gasteiger partial charge in [-0.05, 0) is 49.4 Å². The summed E-state index contributed by atoms with van der Waals surface area (Å²) in [5.74, 6) is -0.605. The number of halogens is 2. The highest BCUT2D eigenvalue weighted by Gasteiger charge is 2.19. The van der Waals surface area contributed by atoms with Crippen molar-refractivity contribution < 1.29 is 18.3 Å². The molecule has 0 heterocycles. The zero-order valence-electron chi connectivity index (χ0n) is 15.5. The van der Waals surface area contributed by atoms with Gasteiger partial charge in [-0.25, -0.2) is 8.78 Å². The first-order chi connectivity index (χ1) is 12.3. The lowest BCUT2D eigenvalue weighted by molar-refractivity contribution is -0.132. The first-order valence-electron chi connectivity index (χ1n) is 8.34. The SMILES string of the molecule is COc1ccc(CN(C)CC(=O)N(C)C(C)c2ccc(F)cc2)cc1F. The molecule has 1 unspecified atom stereocenters. The second kappa shape index (κ2) is 8.76. The summed E-state index contributed by atoms with van der Waals surface area (Å²) < 4.78 is 31.7. The van der Waals surface area contributed by atoms with Crippen LogP contribution < -0.4 is 4.74 Å². The molecule has 0 aromatic heterocycles. The molecule has 0 radical (unpaired) electrons. The summed E-state index contributed by atoms with van der Waals surface area (Å²) >= 11 is 0. The smallest absolute Gasteiger partial charge is 0.236 e. The molecule has 0 saturated carbocycles. The minimum absolute atomic E-state index is 0.0710. The molecular weight excluding hydrogens is 338 g/mol. The first kappa shape index (κ1) is 19.8. The number of carbonyl (C=O) groups excluding carboxylic acids is 1. The molecule has 2 rings (SSSR count). The predicted octanol–water partition coefficient (Wildman–Crippen LogP) is 3.62. The molecule has 0 aliphatic heterocycles. The Morgan fingerprint density at radius 2 is 1.77 bits per heavy atom. The first-order valence-corrected chi connectivity index (χ1v) is 8.34. The van der Waals surface area contributed by atoms with E-state index in [0.717, 1.165) is 11.1 Å². The van der Waals surface area contributed by atoms with Crippen molar-refractivity contribution in [2.24, 2.45) is 0 Å². The van der Waals surface area contributed by atoms with Gasteiger partial charge in [0, 0.05) is 13.6 Å². The molecule has 1 amide bonds. The number of methoxy groups -OCH3 is 1. The number of carbonyl (C=O) groups is 1. The maximum absolute atomic E-state index is 13.8. The lowest BCUT2D eigenvalue weighted by Crippen LogP contribution is -2.37. The van der Waals surface area contributed by atoms with Crippen LogP contribution in [0, 0.1) is 11.6 Å². The van der Waals surface area contributed by atoms with Crippen LogP contribution in [0.3, 0.4) is 0 Å². The van der Waals surface area contributed by atoms with Crippen LogP contribution >= 0.6 is 0 Å². The fourth-order valence-electron chi connectivity index (χ4n) is 2.70. The highest BCUT2D eigenvalue weighted by Crippen LogP contribution is 2.20. The molecule has 0 spiro atoms. The molecule has 0 N–H and O–H groups in total. The summed E-state index contributed by atoms with van der Waals surface area (Å²) in [4.78, 5) is 15.9. The second-order valence-corrected chi connectivity index (χ2v) is 6.37. The normalized spacial score (nSPS) is 12.1. The minimum Gasteiger partial charge on any atom is -0.494 e. The van der Waals surface area contributed by atoms with E-state index in [4.69, 9.17) is 4.74 Å². The van der Waals surface area contributed by atoms with E-state index in [9.17, 15) is 13.6 Å². The zero-order valence-corrected chi connectivity index (χ0v) is 15.5. The Kier molecular flexibility index (Phi) is 6.69. The zero-order chi connectivity index (χ0) is 19.3. The van der Waals surface area contributed by atoms with Gasteiger partial charge in [-0.1, -0.05) is 18.2 Å². The molecule has 140 valence electrons. The summed E-state index contributed by atoms with van der Waals surface area (Å²) in [5.41, 5.74) is 1.62. The predicted molar refractivity (Wildman–Crippen MR) is 96.9 cm³/mol. The average molecular weight is 362 g/mol. The molecule has 0 aliphatic carbocycles. The van der Waals surface area contributed by atoms with E-state index in [1.807, 2.05) is 11.8 Å². The van der Waals surface area contributed by atoms with Crippen molar-refractivity contribution >= 4 is 5.91 Å². The topological polar surface area (TPSA) is 32.8 Å². The summed E-state index contributed by atoms with van der Waals surface area (Å²) in [5, 5.41) is 0. The summed E-state index contributed by atoms with van der Waals surface area (Å²) in [7, 11) is 4.94. The van der Waals surface area contributed by atoms with Gasteiger partial charge in [-0.2, -0.15) is 0 Å². The quantitative estimate of drug-likeness (QED) is 0.754. The molecule has 0 bridgehead atoms. The number of rotatable bonds is 7. The molecule has 0 aliphatic rings. The third-order valence-electron chi connectivity index (χ3n) is 4.40. The van der Waals surface area contributed by atoms with Crippen molar-refractivity contribution in [2.45, 2.75) is 19.5 Å². The van der Waals surface area contributed by atoms with Crippen molar-refractivity contribution in [3.63, 3.8) is 0 Å². The monoisotopic (exact) mass is 362 g/mol. The Morgan fingerprint density at radius 3 is 2.35 bits per heavy atom. The van der Waals surface area contributed by atoms with Crippen molar-refractivity contribution in [2.75, 3.05) is 27.7 Å². The number of hydrogen-bond donors (Lipinski definition) is 0.